The Balaban J connectivity index is 1.95. The van der Waals surface area contributed by atoms with Crippen LogP contribution in [-0.4, -0.2) is 46.4 Å². The Labute approximate surface area is 132 Å². The van der Waals surface area contributed by atoms with Gasteiger partial charge in [-0.1, -0.05) is 19.0 Å². The third kappa shape index (κ3) is 4.04. The molecule has 2 atom stereocenters. The lowest BCUT2D eigenvalue weighted by molar-refractivity contribution is -0.222. The van der Waals surface area contributed by atoms with Gasteiger partial charge in [0.2, 0.25) is 5.76 Å². The summed E-state index contributed by atoms with van der Waals surface area (Å²) < 4.78 is 42.6. The molecule has 1 N–H and O–H groups in total. The molecule has 2 heterocycles. The van der Waals surface area contributed by atoms with Crippen molar-refractivity contribution in [3.8, 4) is 0 Å². The molecule has 1 fully saturated rings. The lowest BCUT2D eigenvalue weighted by Gasteiger charge is -2.34. The molecule has 0 radical (unpaired) electrons. The molecular weight excluding hydrogens is 313 g/mol. The van der Waals surface area contributed by atoms with Crippen LogP contribution in [0.15, 0.2) is 10.6 Å². The third-order valence-corrected chi connectivity index (χ3v) is 4.47. The Hall–Kier alpha value is -1.57. The van der Waals surface area contributed by atoms with Crippen molar-refractivity contribution in [3.05, 3.63) is 17.5 Å². The second-order valence-corrected chi connectivity index (χ2v) is 6.04. The van der Waals surface area contributed by atoms with Gasteiger partial charge in [0, 0.05) is 25.1 Å². The SMILES string of the molecule is CCC(C)c1cc(C(=O)N2CCC(C(O)C(F)(F)F)CC2)on1. The number of amides is 1. The number of nitrogens with zero attached hydrogens (tertiary/aromatic N) is 2. The lowest BCUT2D eigenvalue weighted by Crippen LogP contribution is -2.45. The van der Waals surface area contributed by atoms with Crippen LogP contribution in [-0.2, 0) is 0 Å². The van der Waals surface area contributed by atoms with Crippen LogP contribution in [0.4, 0.5) is 13.2 Å². The quantitative estimate of drug-likeness (QED) is 0.919. The molecule has 1 saturated heterocycles. The summed E-state index contributed by atoms with van der Waals surface area (Å²) in [6.07, 6.45) is -5.87. The van der Waals surface area contributed by atoms with Crippen molar-refractivity contribution in [2.24, 2.45) is 5.92 Å². The molecular formula is C15H21F3N2O3. The molecule has 1 aliphatic rings. The molecule has 0 bridgehead atoms. The number of carbonyl (C=O) groups excluding carboxylic acids is 1. The van der Waals surface area contributed by atoms with E-state index in [2.05, 4.69) is 5.16 Å². The van der Waals surface area contributed by atoms with Crippen molar-refractivity contribution in [1.82, 2.24) is 10.1 Å². The van der Waals surface area contributed by atoms with E-state index in [1.807, 2.05) is 13.8 Å². The number of likely N-dealkylation sites (tertiary alicyclic amines) is 1. The smallest absolute Gasteiger partial charge is 0.383 e. The van der Waals surface area contributed by atoms with Gasteiger partial charge in [-0.05, 0) is 25.2 Å². The summed E-state index contributed by atoms with van der Waals surface area (Å²) in [5.74, 6) is -0.959. The van der Waals surface area contributed by atoms with Crippen LogP contribution >= 0.6 is 0 Å². The molecule has 0 aliphatic carbocycles. The highest BCUT2D eigenvalue weighted by molar-refractivity contribution is 5.91. The Bertz CT molecular complexity index is 536. The van der Waals surface area contributed by atoms with Crippen molar-refractivity contribution < 1.29 is 27.6 Å². The Morgan fingerprint density at radius 1 is 1.48 bits per heavy atom. The summed E-state index contributed by atoms with van der Waals surface area (Å²) in [5.41, 5.74) is 0.693. The first-order valence-corrected chi connectivity index (χ1v) is 7.74. The number of aliphatic hydroxyl groups excluding tert-OH is 1. The summed E-state index contributed by atoms with van der Waals surface area (Å²) >= 11 is 0. The van der Waals surface area contributed by atoms with E-state index in [0.717, 1.165) is 6.42 Å². The van der Waals surface area contributed by atoms with Gasteiger partial charge >= 0.3 is 6.18 Å². The largest absolute Gasteiger partial charge is 0.414 e. The zero-order valence-electron chi connectivity index (χ0n) is 13.1. The average Bonchev–Trinajstić information content (AvgIpc) is 3.02. The van der Waals surface area contributed by atoms with Gasteiger partial charge in [-0.25, -0.2) is 0 Å². The third-order valence-electron chi connectivity index (χ3n) is 4.47. The maximum absolute atomic E-state index is 12.5. The summed E-state index contributed by atoms with van der Waals surface area (Å²) in [7, 11) is 0. The topological polar surface area (TPSA) is 66.6 Å². The van der Waals surface area contributed by atoms with E-state index in [0.29, 0.717) is 5.69 Å². The molecule has 0 spiro atoms. The highest BCUT2D eigenvalue weighted by atomic mass is 19.4. The van der Waals surface area contributed by atoms with Gasteiger partial charge in [-0.2, -0.15) is 13.2 Å². The number of piperidine rings is 1. The molecule has 0 saturated carbocycles. The minimum absolute atomic E-state index is 0.107. The summed E-state index contributed by atoms with van der Waals surface area (Å²) in [5, 5.41) is 13.2. The minimum Gasteiger partial charge on any atom is -0.383 e. The van der Waals surface area contributed by atoms with Crippen molar-refractivity contribution in [3.63, 3.8) is 0 Å². The van der Waals surface area contributed by atoms with Crippen molar-refractivity contribution in [1.29, 1.82) is 0 Å². The Morgan fingerprint density at radius 3 is 2.61 bits per heavy atom. The van der Waals surface area contributed by atoms with E-state index >= 15 is 0 Å². The highest BCUT2D eigenvalue weighted by Crippen LogP contribution is 2.32. The molecule has 130 valence electrons. The van der Waals surface area contributed by atoms with Gasteiger partial charge in [0.1, 0.15) is 0 Å². The van der Waals surface area contributed by atoms with Crippen LogP contribution in [0.3, 0.4) is 0 Å². The fourth-order valence-corrected chi connectivity index (χ4v) is 2.67. The second-order valence-electron chi connectivity index (χ2n) is 6.04. The Morgan fingerprint density at radius 2 is 2.09 bits per heavy atom. The zero-order chi connectivity index (χ0) is 17.2. The van der Waals surface area contributed by atoms with Gasteiger partial charge < -0.3 is 14.5 Å². The van der Waals surface area contributed by atoms with Crippen LogP contribution in [0.25, 0.3) is 0 Å². The van der Waals surface area contributed by atoms with Crippen LogP contribution in [0, 0.1) is 5.92 Å². The number of aromatic nitrogens is 1. The maximum atomic E-state index is 12.5. The number of aliphatic hydroxyl groups is 1. The van der Waals surface area contributed by atoms with Crippen LogP contribution in [0.1, 0.15) is 55.3 Å². The minimum atomic E-state index is -4.62. The molecule has 8 heteroatoms. The first kappa shape index (κ1) is 17.8. The van der Waals surface area contributed by atoms with Gasteiger partial charge in [-0.3, -0.25) is 4.79 Å². The first-order valence-electron chi connectivity index (χ1n) is 7.74. The summed E-state index contributed by atoms with van der Waals surface area (Å²) in [4.78, 5) is 13.7. The van der Waals surface area contributed by atoms with Crippen molar-refractivity contribution in [2.75, 3.05) is 13.1 Å². The number of halogens is 3. The lowest BCUT2D eigenvalue weighted by atomic mass is 9.91. The number of alkyl halides is 3. The monoisotopic (exact) mass is 334 g/mol. The van der Waals surface area contributed by atoms with E-state index < -0.39 is 18.2 Å². The van der Waals surface area contributed by atoms with Crippen LogP contribution in [0.5, 0.6) is 0 Å². The predicted molar refractivity (Wildman–Crippen MR) is 75.9 cm³/mol. The summed E-state index contributed by atoms with van der Waals surface area (Å²) in [6, 6.07) is 1.59. The van der Waals surface area contributed by atoms with Gasteiger partial charge in [0.05, 0.1) is 5.69 Å². The number of rotatable bonds is 4. The first-order chi connectivity index (χ1) is 10.7. The van der Waals surface area contributed by atoms with Gasteiger partial charge in [0.15, 0.2) is 6.10 Å². The fraction of sp³-hybridized carbons (Fsp3) is 0.733. The number of carbonyl (C=O) groups is 1. The van der Waals surface area contributed by atoms with E-state index in [4.69, 9.17) is 4.52 Å². The summed E-state index contributed by atoms with van der Waals surface area (Å²) in [6.45, 7) is 4.29. The molecule has 5 nitrogen and oxygen atoms in total. The molecule has 2 rings (SSSR count). The highest BCUT2D eigenvalue weighted by Gasteiger charge is 2.44. The standard InChI is InChI=1S/C15H21F3N2O3/c1-3-9(2)11-8-12(23-19-11)14(22)20-6-4-10(5-7-20)13(21)15(16,17)18/h8-10,13,21H,3-7H2,1-2H3. The molecule has 1 aromatic rings. The molecule has 1 amide bonds. The van der Waals surface area contributed by atoms with Gasteiger partial charge in [0.25, 0.3) is 5.91 Å². The van der Waals surface area contributed by atoms with E-state index in [1.54, 1.807) is 6.07 Å². The second kappa shape index (κ2) is 6.90. The van der Waals surface area contributed by atoms with E-state index in [-0.39, 0.29) is 43.5 Å². The molecule has 0 aromatic carbocycles. The van der Waals surface area contributed by atoms with Crippen molar-refractivity contribution >= 4 is 5.91 Å². The van der Waals surface area contributed by atoms with E-state index in [9.17, 15) is 23.1 Å². The van der Waals surface area contributed by atoms with Crippen LogP contribution in [0.2, 0.25) is 0 Å². The predicted octanol–water partition coefficient (Wildman–Crippen LogP) is 2.96. The molecule has 2 unspecified atom stereocenters. The maximum Gasteiger partial charge on any atom is 0.414 e. The molecule has 1 aromatic heterocycles. The van der Waals surface area contributed by atoms with Crippen molar-refractivity contribution in [2.45, 2.75) is 51.3 Å². The fourth-order valence-electron chi connectivity index (χ4n) is 2.67. The Kier molecular flexibility index (Phi) is 5.33. The zero-order valence-corrected chi connectivity index (χ0v) is 13.1. The normalized spacial score (nSPS) is 19.7. The number of hydrogen-bond acceptors (Lipinski definition) is 4. The van der Waals surface area contributed by atoms with Gasteiger partial charge in [-0.15, -0.1) is 0 Å². The molecule has 23 heavy (non-hydrogen) atoms. The van der Waals surface area contributed by atoms with E-state index in [1.165, 1.54) is 4.90 Å². The molecule has 1 aliphatic heterocycles. The van der Waals surface area contributed by atoms with Crippen LogP contribution < -0.4 is 0 Å². The average molecular weight is 334 g/mol. The number of hydrogen-bond donors (Lipinski definition) is 1.